The summed E-state index contributed by atoms with van der Waals surface area (Å²) >= 11 is 0. The standard InChI is InChI=1S/C23H45NOSi/c1-17(2)26(18(3)4,19(5)6)15-14-22(10,11)16-23(12,13)20(25)24-21(7,8)9/h17-19H,16H2,1-13H3,(H,24,25). The van der Waals surface area contributed by atoms with Crippen molar-refractivity contribution in [1.82, 2.24) is 5.32 Å². The minimum atomic E-state index is -1.74. The summed E-state index contributed by atoms with van der Waals surface area (Å²) in [5, 5.41) is 3.13. The Labute approximate surface area is 165 Å². The lowest BCUT2D eigenvalue weighted by atomic mass is 9.74. The second-order valence-corrected chi connectivity index (χ2v) is 16.9. The van der Waals surface area contributed by atoms with Crippen molar-refractivity contribution in [2.24, 2.45) is 10.8 Å². The summed E-state index contributed by atoms with van der Waals surface area (Å²) in [5.41, 5.74) is 4.89. The van der Waals surface area contributed by atoms with Gasteiger partial charge in [0.05, 0.1) is 0 Å². The van der Waals surface area contributed by atoms with E-state index >= 15 is 0 Å². The van der Waals surface area contributed by atoms with Gasteiger partial charge in [0.25, 0.3) is 0 Å². The average molecular weight is 380 g/mol. The number of hydrogen-bond acceptors (Lipinski definition) is 1. The van der Waals surface area contributed by atoms with Crippen molar-refractivity contribution in [2.45, 2.75) is 119 Å². The third-order valence-corrected chi connectivity index (χ3v) is 11.8. The minimum absolute atomic E-state index is 0.111. The van der Waals surface area contributed by atoms with E-state index < -0.39 is 13.5 Å². The molecule has 0 saturated carbocycles. The van der Waals surface area contributed by atoms with E-state index in [9.17, 15) is 4.79 Å². The fourth-order valence-corrected chi connectivity index (χ4v) is 9.87. The average Bonchev–Trinajstić information content (AvgIpc) is 2.34. The predicted octanol–water partition coefficient (Wildman–Crippen LogP) is 6.57. The predicted molar refractivity (Wildman–Crippen MR) is 119 cm³/mol. The van der Waals surface area contributed by atoms with E-state index in [4.69, 9.17) is 0 Å². The van der Waals surface area contributed by atoms with Crippen molar-refractivity contribution >= 4 is 14.0 Å². The van der Waals surface area contributed by atoms with E-state index in [0.29, 0.717) is 16.6 Å². The Morgan fingerprint density at radius 2 is 1.23 bits per heavy atom. The molecule has 0 spiro atoms. The van der Waals surface area contributed by atoms with Crippen LogP contribution >= 0.6 is 0 Å². The molecule has 0 aliphatic rings. The van der Waals surface area contributed by atoms with Crippen LogP contribution in [0.4, 0.5) is 0 Å². The van der Waals surface area contributed by atoms with Crippen LogP contribution in [0.5, 0.6) is 0 Å². The lowest BCUT2D eigenvalue weighted by Crippen LogP contribution is -2.48. The highest BCUT2D eigenvalue weighted by Gasteiger charge is 2.42. The molecule has 0 aliphatic heterocycles. The first kappa shape index (κ1) is 25.2. The topological polar surface area (TPSA) is 29.1 Å². The summed E-state index contributed by atoms with van der Waals surface area (Å²) < 4.78 is 0. The van der Waals surface area contributed by atoms with E-state index in [0.717, 1.165) is 6.42 Å². The molecule has 152 valence electrons. The maximum atomic E-state index is 12.7. The van der Waals surface area contributed by atoms with Crippen molar-refractivity contribution in [3.8, 4) is 11.5 Å². The molecule has 0 unspecified atom stereocenters. The zero-order valence-electron chi connectivity index (χ0n) is 19.8. The molecule has 0 fully saturated rings. The molecule has 3 heteroatoms. The fourth-order valence-electron chi connectivity index (χ4n) is 4.45. The van der Waals surface area contributed by atoms with Crippen LogP contribution in [0.1, 0.15) is 96.4 Å². The van der Waals surface area contributed by atoms with Crippen molar-refractivity contribution in [3.05, 3.63) is 0 Å². The van der Waals surface area contributed by atoms with Crippen molar-refractivity contribution in [1.29, 1.82) is 0 Å². The van der Waals surface area contributed by atoms with Gasteiger partial charge in [-0.1, -0.05) is 55.4 Å². The Balaban J connectivity index is 5.67. The van der Waals surface area contributed by atoms with Crippen molar-refractivity contribution < 1.29 is 4.79 Å². The number of amides is 1. The highest BCUT2D eigenvalue weighted by Crippen LogP contribution is 2.41. The molecule has 0 saturated heterocycles. The largest absolute Gasteiger partial charge is 0.351 e. The zero-order chi connectivity index (χ0) is 21.1. The molecule has 0 atom stereocenters. The van der Waals surface area contributed by atoms with Gasteiger partial charge in [0, 0.05) is 16.4 Å². The molecule has 1 amide bonds. The second-order valence-electron chi connectivity index (χ2n) is 11.3. The fraction of sp³-hybridized carbons (Fsp3) is 0.870. The third kappa shape index (κ3) is 6.76. The van der Waals surface area contributed by atoms with Crippen LogP contribution in [-0.4, -0.2) is 19.5 Å². The second kappa shape index (κ2) is 8.51. The summed E-state index contributed by atoms with van der Waals surface area (Å²) in [6.45, 7) is 28.6. The van der Waals surface area contributed by atoms with Crippen molar-refractivity contribution in [3.63, 3.8) is 0 Å². The van der Waals surface area contributed by atoms with Crippen LogP contribution in [0.2, 0.25) is 16.6 Å². The Morgan fingerprint density at radius 3 is 1.54 bits per heavy atom. The van der Waals surface area contributed by atoms with Gasteiger partial charge >= 0.3 is 0 Å². The lowest BCUT2D eigenvalue weighted by Gasteiger charge is -2.39. The van der Waals surface area contributed by atoms with Gasteiger partial charge in [-0.2, -0.15) is 0 Å². The summed E-state index contributed by atoms with van der Waals surface area (Å²) in [5.74, 6) is 3.76. The Bertz CT molecular complexity index is 517. The SMILES string of the molecule is CC(C)[Si](C#CC(C)(C)CC(C)(C)C(=O)NC(C)(C)C)(C(C)C)C(C)C. The molecule has 0 aromatic rings. The number of hydrogen-bond donors (Lipinski definition) is 1. The van der Waals surface area contributed by atoms with Crippen molar-refractivity contribution in [2.75, 3.05) is 0 Å². The molecule has 0 radical (unpaired) electrons. The van der Waals surface area contributed by atoms with Gasteiger partial charge in [0.2, 0.25) is 5.91 Å². The number of nitrogens with one attached hydrogen (secondary N) is 1. The monoisotopic (exact) mass is 379 g/mol. The molecule has 0 aliphatic carbocycles. The maximum absolute atomic E-state index is 12.7. The van der Waals surface area contributed by atoms with Crippen LogP contribution < -0.4 is 5.32 Å². The summed E-state index contributed by atoms with van der Waals surface area (Å²) in [6.07, 6.45) is 0.758. The van der Waals surface area contributed by atoms with Gasteiger partial charge in [-0.15, -0.1) is 11.5 Å². The van der Waals surface area contributed by atoms with Gasteiger partial charge < -0.3 is 5.32 Å². The third-order valence-electron chi connectivity index (χ3n) is 5.47. The highest BCUT2D eigenvalue weighted by molar-refractivity contribution is 6.90. The first-order valence-electron chi connectivity index (χ1n) is 10.2. The molecule has 0 rings (SSSR count). The van der Waals surface area contributed by atoms with Gasteiger partial charge in [-0.05, 0) is 57.7 Å². The maximum Gasteiger partial charge on any atom is 0.226 e. The highest BCUT2D eigenvalue weighted by atomic mass is 28.3. The molecular formula is C23H45NOSi. The molecule has 1 N–H and O–H groups in total. The lowest BCUT2D eigenvalue weighted by molar-refractivity contribution is -0.132. The first-order valence-corrected chi connectivity index (χ1v) is 12.5. The van der Waals surface area contributed by atoms with Gasteiger partial charge in [-0.25, -0.2) is 0 Å². The normalized spacial score (nSPS) is 13.8. The molecule has 0 aromatic heterocycles. The summed E-state index contributed by atoms with van der Waals surface area (Å²) in [4.78, 5) is 12.7. The Hall–Kier alpha value is -0.753. The minimum Gasteiger partial charge on any atom is -0.351 e. The molecule has 0 aromatic carbocycles. The van der Waals surface area contributed by atoms with E-state index in [1.807, 2.05) is 34.6 Å². The van der Waals surface area contributed by atoms with Crippen LogP contribution in [-0.2, 0) is 4.79 Å². The summed E-state index contributed by atoms with van der Waals surface area (Å²) in [7, 11) is -1.74. The van der Waals surface area contributed by atoms with Crippen LogP contribution in [0, 0.1) is 22.3 Å². The molecule has 2 nitrogen and oxygen atoms in total. The van der Waals surface area contributed by atoms with Gasteiger partial charge in [0.15, 0.2) is 0 Å². The quantitative estimate of drug-likeness (QED) is 0.410. The smallest absolute Gasteiger partial charge is 0.226 e. The van der Waals surface area contributed by atoms with E-state index in [2.05, 4.69) is 72.2 Å². The van der Waals surface area contributed by atoms with Gasteiger partial charge in [0.1, 0.15) is 8.07 Å². The molecule has 0 heterocycles. The van der Waals surface area contributed by atoms with E-state index in [1.54, 1.807) is 0 Å². The zero-order valence-corrected chi connectivity index (χ0v) is 20.8. The Kier molecular flexibility index (Phi) is 8.26. The van der Waals surface area contributed by atoms with E-state index in [1.165, 1.54) is 0 Å². The summed E-state index contributed by atoms with van der Waals surface area (Å²) in [6, 6.07) is 0. The number of rotatable bonds is 6. The Morgan fingerprint density at radius 1 is 0.846 bits per heavy atom. The molecule has 0 bridgehead atoms. The number of carbonyl (C=O) groups excluding carboxylic acids is 1. The van der Waals surface area contributed by atoms with Crippen LogP contribution in [0.15, 0.2) is 0 Å². The van der Waals surface area contributed by atoms with Gasteiger partial charge in [-0.3, -0.25) is 4.79 Å². The van der Waals surface area contributed by atoms with E-state index in [-0.39, 0.29) is 16.9 Å². The van der Waals surface area contributed by atoms with Crippen LogP contribution in [0.3, 0.4) is 0 Å². The molecule has 26 heavy (non-hydrogen) atoms. The first-order chi connectivity index (χ1) is 11.4. The number of carbonyl (C=O) groups is 1. The molecular weight excluding hydrogens is 334 g/mol. The van der Waals surface area contributed by atoms with Crippen LogP contribution in [0.25, 0.3) is 0 Å².